The Morgan fingerprint density at radius 3 is 2.59 bits per heavy atom. The standard InChI is InChI=1S/C28H35FN2OS2/c1-2-4-25(21-8-5-20(6-9-21)7-12-27-33-17-3-18-34-27)31-15-13-22(14-16-31)28-24-11-10-23(29)19-26(24)32-30-28/h5-6,8-11,19,22,25,27H,2-4,7,12-18H2,1H3. The molecule has 34 heavy (non-hydrogen) atoms. The number of thioether (sulfide) groups is 2. The number of hydrogen-bond donors (Lipinski definition) is 0. The zero-order chi connectivity index (χ0) is 23.3. The topological polar surface area (TPSA) is 29.3 Å². The first-order valence-corrected chi connectivity index (χ1v) is 14.9. The van der Waals surface area contributed by atoms with E-state index >= 15 is 0 Å². The van der Waals surface area contributed by atoms with Gasteiger partial charge in [-0.15, -0.1) is 23.5 Å². The van der Waals surface area contributed by atoms with Crippen molar-refractivity contribution in [1.82, 2.24) is 10.1 Å². The van der Waals surface area contributed by atoms with Crippen LogP contribution in [0.15, 0.2) is 47.0 Å². The number of likely N-dealkylation sites (tertiary alicyclic amines) is 1. The Balaban J connectivity index is 1.20. The second kappa shape index (κ2) is 11.5. The van der Waals surface area contributed by atoms with Crippen LogP contribution in [0.3, 0.4) is 0 Å². The number of hydrogen-bond acceptors (Lipinski definition) is 5. The van der Waals surface area contributed by atoms with Crippen LogP contribution < -0.4 is 0 Å². The maximum Gasteiger partial charge on any atom is 0.170 e. The van der Waals surface area contributed by atoms with Crippen molar-refractivity contribution in [2.75, 3.05) is 24.6 Å². The molecule has 0 aliphatic carbocycles. The van der Waals surface area contributed by atoms with Crippen LogP contribution in [0.25, 0.3) is 11.0 Å². The van der Waals surface area contributed by atoms with Crippen LogP contribution in [-0.4, -0.2) is 39.2 Å². The number of aromatic nitrogens is 1. The number of rotatable bonds is 8. The summed E-state index contributed by atoms with van der Waals surface area (Å²) >= 11 is 4.29. The molecule has 1 unspecified atom stereocenters. The Morgan fingerprint density at radius 1 is 1.09 bits per heavy atom. The fourth-order valence-electron chi connectivity index (χ4n) is 5.44. The Kier molecular flexibility index (Phi) is 8.18. The van der Waals surface area contributed by atoms with E-state index in [1.807, 2.05) is 6.07 Å². The van der Waals surface area contributed by atoms with Gasteiger partial charge in [-0.05, 0) is 86.4 Å². The van der Waals surface area contributed by atoms with Gasteiger partial charge in [0.2, 0.25) is 0 Å². The minimum Gasteiger partial charge on any atom is -0.356 e. The SMILES string of the molecule is CCCC(c1ccc(CCC2SCCCS2)cc1)N1CCC(c2noc3cc(F)ccc23)CC1. The molecule has 0 N–H and O–H groups in total. The van der Waals surface area contributed by atoms with Crippen LogP contribution in [0, 0.1) is 5.82 Å². The maximum atomic E-state index is 13.5. The molecule has 1 aromatic heterocycles. The van der Waals surface area contributed by atoms with Gasteiger partial charge in [0.05, 0.1) is 10.3 Å². The summed E-state index contributed by atoms with van der Waals surface area (Å²) in [5.74, 6) is 2.77. The maximum absolute atomic E-state index is 13.5. The van der Waals surface area contributed by atoms with Gasteiger partial charge in [0.15, 0.2) is 5.58 Å². The first-order valence-electron chi connectivity index (χ1n) is 12.8. The molecule has 0 spiro atoms. The fourth-order valence-corrected chi connectivity index (χ4v) is 8.30. The predicted molar refractivity (Wildman–Crippen MR) is 143 cm³/mol. The van der Waals surface area contributed by atoms with E-state index in [-0.39, 0.29) is 5.82 Å². The highest BCUT2D eigenvalue weighted by molar-refractivity contribution is 8.17. The highest BCUT2D eigenvalue weighted by Gasteiger charge is 2.29. The minimum atomic E-state index is -0.273. The second-order valence-corrected chi connectivity index (χ2v) is 12.5. The van der Waals surface area contributed by atoms with Gasteiger partial charge >= 0.3 is 0 Å². The van der Waals surface area contributed by atoms with Crippen LogP contribution in [0.4, 0.5) is 4.39 Å². The third-order valence-electron chi connectivity index (χ3n) is 7.31. The Labute approximate surface area is 211 Å². The summed E-state index contributed by atoms with van der Waals surface area (Å²) in [5.41, 5.74) is 4.48. The number of benzene rings is 2. The summed E-state index contributed by atoms with van der Waals surface area (Å²) in [7, 11) is 0. The second-order valence-electron chi connectivity index (χ2n) is 9.63. The lowest BCUT2D eigenvalue weighted by atomic mass is 9.89. The highest BCUT2D eigenvalue weighted by Crippen LogP contribution is 2.37. The average molecular weight is 499 g/mol. The number of halogens is 1. The molecule has 182 valence electrons. The smallest absolute Gasteiger partial charge is 0.170 e. The van der Waals surface area contributed by atoms with Gasteiger partial charge in [-0.2, -0.15) is 0 Å². The molecule has 2 aromatic carbocycles. The molecular weight excluding hydrogens is 463 g/mol. The lowest BCUT2D eigenvalue weighted by Crippen LogP contribution is -2.36. The molecule has 3 nitrogen and oxygen atoms in total. The normalized spacial score (nSPS) is 19.6. The van der Waals surface area contributed by atoms with Crippen molar-refractivity contribution in [2.24, 2.45) is 0 Å². The molecule has 2 saturated heterocycles. The van der Waals surface area contributed by atoms with Crippen LogP contribution in [0.2, 0.25) is 0 Å². The van der Waals surface area contributed by atoms with Gasteiger partial charge in [-0.25, -0.2) is 4.39 Å². The van der Waals surface area contributed by atoms with E-state index < -0.39 is 0 Å². The van der Waals surface area contributed by atoms with E-state index in [2.05, 4.69) is 64.8 Å². The number of piperidine rings is 1. The quantitative estimate of drug-likeness (QED) is 0.316. The van der Waals surface area contributed by atoms with E-state index in [1.54, 1.807) is 0 Å². The van der Waals surface area contributed by atoms with Gasteiger partial charge < -0.3 is 4.52 Å². The number of nitrogens with zero attached hydrogens (tertiary/aromatic N) is 2. The van der Waals surface area contributed by atoms with Crippen molar-refractivity contribution in [3.63, 3.8) is 0 Å². The third kappa shape index (κ3) is 5.66. The summed E-state index contributed by atoms with van der Waals surface area (Å²) in [4.78, 5) is 2.66. The molecule has 0 bridgehead atoms. The number of fused-ring (bicyclic) bond motifs is 1. The van der Waals surface area contributed by atoms with Crippen molar-refractivity contribution in [3.8, 4) is 0 Å². The lowest BCUT2D eigenvalue weighted by molar-refractivity contribution is 0.142. The van der Waals surface area contributed by atoms with E-state index in [1.165, 1.54) is 66.9 Å². The van der Waals surface area contributed by atoms with Crippen molar-refractivity contribution in [2.45, 2.75) is 68.4 Å². The molecular formula is C28H35FN2OS2. The molecule has 1 atom stereocenters. The lowest BCUT2D eigenvalue weighted by Gasteiger charge is -2.37. The van der Waals surface area contributed by atoms with E-state index in [0.29, 0.717) is 17.5 Å². The summed E-state index contributed by atoms with van der Waals surface area (Å²) < 4.78 is 19.7. The first kappa shape index (κ1) is 24.2. The number of aryl methyl sites for hydroxylation is 1. The molecule has 6 heteroatoms. The Hall–Kier alpha value is -1.50. The molecule has 2 aliphatic heterocycles. The van der Waals surface area contributed by atoms with Gasteiger partial charge in [0.25, 0.3) is 0 Å². The molecule has 0 radical (unpaired) electrons. The van der Waals surface area contributed by atoms with E-state index in [9.17, 15) is 4.39 Å². The van der Waals surface area contributed by atoms with Gasteiger partial charge in [0.1, 0.15) is 5.82 Å². The summed E-state index contributed by atoms with van der Waals surface area (Å²) in [6.07, 6.45) is 8.33. The van der Waals surface area contributed by atoms with Crippen LogP contribution >= 0.6 is 23.5 Å². The van der Waals surface area contributed by atoms with Crippen LogP contribution in [-0.2, 0) is 6.42 Å². The molecule has 3 heterocycles. The van der Waals surface area contributed by atoms with Crippen LogP contribution in [0.5, 0.6) is 0 Å². The summed E-state index contributed by atoms with van der Waals surface area (Å²) in [6.45, 7) is 4.40. The van der Waals surface area contributed by atoms with Gasteiger partial charge in [0, 0.05) is 23.4 Å². The van der Waals surface area contributed by atoms with Crippen molar-refractivity contribution in [3.05, 3.63) is 65.1 Å². The van der Waals surface area contributed by atoms with Gasteiger partial charge in [-0.3, -0.25) is 4.90 Å². The largest absolute Gasteiger partial charge is 0.356 e. The minimum absolute atomic E-state index is 0.273. The van der Waals surface area contributed by atoms with Crippen LogP contribution in [0.1, 0.15) is 74.2 Å². The molecule has 0 amide bonds. The third-order valence-corrected chi connectivity index (χ3v) is 10.4. The molecule has 3 aromatic rings. The fraction of sp³-hybridized carbons (Fsp3) is 0.536. The molecule has 0 saturated carbocycles. The van der Waals surface area contributed by atoms with E-state index in [4.69, 9.17) is 4.52 Å². The summed E-state index contributed by atoms with van der Waals surface area (Å²) in [6, 6.07) is 14.7. The molecule has 2 aliphatic rings. The van der Waals surface area contributed by atoms with Gasteiger partial charge in [-0.1, -0.05) is 42.8 Å². The zero-order valence-corrected chi connectivity index (χ0v) is 21.7. The average Bonchev–Trinajstić information content (AvgIpc) is 3.30. The van der Waals surface area contributed by atoms with Crippen molar-refractivity contribution in [1.29, 1.82) is 0 Å². The zero-order valence-electron chi connectivity index (χ0n) is 20.0. The Morgan fingerprint density at radius 2 is 1.85 bits per heavy atom. The predicted octanol–water partition coefficient (Wildman–Crippen LogP) is 7.82. The molecule has 2 fully saturated rings. The first-order chi connectivity index (χ1) is 16.7. The van der Waals surface area contributed by atoms with Crippen molar-refractivity contribution < 1.29 is 8.91 Å². The monoisotopic (exact) mass is 498 g/mol. The summed E-state index contributed by atoms with van der Waals surface area (Å²) in [5, 5.41) is 5.29. The highest BCUT2D eigenvalue weighted by atomic mass is 32.2. The van der Waals surface area contributed by atoms with E-state index in [0.717, 1.165) is 41.6 Å². The van der Waals surface area contributed by atoms with Crippen molar-refractivity contribution >= 4 is 34.5 Å². The Bertz CT molecular complexity index is 1060. The molecule has 5 rings (SSSR count).